The number of hydrogen-bond acceptors (Lipinski definition) is 8. The second-order valence-electron chi connectivity index (χ2n) is 10.6. The average Bonchev–Trinajstić information content (AvgIpc) is 3.01. The molecule has 0 N–H and O–H groups in total. The van der Waals surface area contributed by atoms with Crippen molar-refractivity contribution < 1.29 is 14.3 Å². The van der Waals surface area contributed by atoms with Gasteiger partial charge in [0.2, 0.25) is 11.8 Å². The summed E-state index contributed by atoms with van der Waals surface area (Å²) in [5, 5.41) is 0.888. The lowest BCUT2D eigenvalue weighted by atomic mass is 10.1. The molecule has 42 heavy (non-hydrogen) atoms. The minimum absolute atomic E-state index is 0.204. The average molecular weight is 580 g/mol. The molecule has 9 heteroatoms. The standard InChI is InChI=1S/C33H33N5O3S/c1-24-20-34-30(19-25-7-9-27(10-8-25)37-15-17-41-18-16-37)35-33(24)42-29-13-11-28(12-14-29)38-31(39)22-36(23-32(38)40)21-26-5-3-2-4-6-26/h2-14,20H,15-19,21-23H2,1H3. The van der Waals surface area contributed by atoms with Crippen molar-refractivity contribution in [2.75, 3.05) is 49.2 Å². The van der Waals surface area contributed by atoms with Crippen molar-refractivity contribution in [2.24, 2.45) is 0 Å². The predicted octanol–water partition coefficient (Wildman–Crippen LogP) is 4.74. The van der Waals surface area contributed by atoms with Crippen LogP contribution in [-0.4, -0.2) is 66.1 Å². The maximum Gasteiger partial charge on any atom is 0.247 e. The van der Waals surface area contributed by atoms with Crippen molar-refractivity contribution in [3.8, 4) is 0 Å². The van der Waals surface area contributed by atoms with E-state index >= 15 is 0 Å². The molecule has 0 bridgehead atoms. The van der Waals surface area contributed by atoms with Crippen LogP contribution in [-0.2, 0) is 27.3 Å². The smallest absolute Gasteiger partial charge is 0.247 e. The highest BCUT2D eigenvalue weighted by molar-refractivity contribution is 7.99. The Bertz CT molecular complexity index is 1520. The van der Waals surface area contributed by atoms with Crippen LogP contribution in [0.2, 0.25) is 0 Å². The Morgan fingerprint density at radius 2 is 1.48 bits per heavy atom. The summed E-state index contributed by atoms with van der Waals surface area (Å²) in [4.78, 5) is 41.8. The Kier molecular flexibility index (Phi) is 8.60. The number of benzene rings is 3. The van der Waals surface area contributed by atoms with Crippen LogP contribution >= 0.6 is 11.8 Å². The fraction of sp³-hybridized carbons (Fsp3) is 0.273. The molecule has 2 fully saturated rings. The van der Waals surface area contributed by atoms with E-state index in [4.69, 9.17) is 9.72 Å². The Morgan fingerprint density at radius 3 is 2.17 bits per heavy atom. The van der Waals surface area contributed by atoms with Gasteiger partial charge in [0.1, 0.15) is 10.9 Å². The monoisotopic (exact) mass is 579 g/mol. The third kappa shape index (κ3) is 6.70. The fourth-order valence-electron chi connectivity index (χ4n) is 5.21. The fourth-order valence-corrected chi connectivity index (χ4v) is 6.07. The molecule has 8 nitrogen and oxygen atoms in total. The first-order valence-corrected chi connectivity index (χ1v) is 15.0. The third-order valence-corrected chi connectivity index (χ3v) is 8.54. The highest BCUT2D eigenvalue weighted by Crippen LogP contribution is 2.31. The van der Waals surface area contributed by atoms with Crippen LogP contribution < -0.4 is 9.80 Å². The van der Waals surface area contributed by atoms with Gasteiger partial charge in [0.05, 0.1) is 32.0 Å². The van der Waals surface area contributed by atoms with Gasteiger partial charge in [-0.1, -0.05) is 54.2 Å². The summed E-state index contributed by atoms with van der Waals surface area (Å²) in [6, 6.07) is 26.0. The lowest BCUT2D eigenvalue weighted by molar-refractivity contribution is -0.132. The van der Waals surface area contributed by atoms with Crippen molar-refractivity contribution in [1.29, 1.82) is 0 Å². The van der Waals surface area contributed by atoms with Crippen LogP contribution in [0.4, 0.5) is 11.4 Å². The zero-order valence-corrected chi connectivity index (χ0v) is 24.4. The van der Waals surface area contributed by atoms with E-state index in [-0.39, 0.29) is 24.9 Å². The Hall–Kier alpha value is -4.05. The molecule has 0 aliphatic carbocycles. The van der Waals surface area contributed by atoms with Crippen molar-refractivity contribution in [1.82, 2.24) is 14.9 Å². The molecule has 4 aromatic rings. The molecule has 2 saturated heterocycles. The van der Waals surface area contributed by atoms with Gasteiger partial charge in [-0.3, -0.25) is 14.5 Å². The van der Waals surface area contributed by atoms with Gasteiger partial charge in [0.25, 0.3) is 0 Å². The second kappa shape index (κ2) is 12.9. The molecule has 1 aromatic heterocycles. The number of morpholine rings is 1. The first-order chi connectivity index (χ1) is 20.5. The lowest BCUT2D eigenvalue weighted by Gasteiger charge is -2.32. The van der Waals surface area contributed by atoms with Gasteiger partial charge in [-0.2, -0.15) is 0 Å². The van der Waals surface area contributed by atoms with Crippen molar-refractivity contribution in [3.05, 3.63) is 108 Å². The Balaban J connectivity index is 1.08. The van der Waals surface area contributed by atoms with Crippen molar-refractivity contribution >= 4 is 35.0 Å². The first-order valence-electron chi connectivity index (χ1n) is 14.2. The number of rotatable bonds is 8. The van der Waals surface area contributed by atoms with E-state index < -0.39 is 0 Å². The van der Waals surface area contributed by atoms with Gasteiger partial charge < -0.3 is 9.64 Å². The zero-order chi connectivity index (χ0) is 28.9. The van der Waals surface area contributed by atoms with Crippen LogP contribution in [0.15, 0.2) is 95.0 Å². The summed E-state index contributed by atoms with van der Waals surface area (Å²) < 4.78 is 5.46. The number of piperazine rings is 1. The molecule has 0 saturated carbocycles. The molecule has 0 unspecified atom stereocenters. The number of imide groups is 1. The predicted molar refractivity (Wildman–Crippen MR) is 164 cm³/mol. The Labute approximate surface area is 250 Å². The van der Waals surface area contributed by atoms with Gasteiger partial charge >= 0.3 is 0 Å². The van der Waals surface area contributed by atoms with E-state index in [0.29, 0.717) is 18.7 Å². The summed E-state index contributed by atoms with van der Waals surface area (Å²) in [6.45, 7) is 6.35. The number of aryl methyl sites for hydroxylation is 1. The van der Waals surface area contributed by atoms with Crippen molar-refractivity contribution in [2.45, 2.75) is 29.8 Å². The van der Waals surface area contributed by atoms with Gasteiger partial charge in [-0.25, -0.2) is 14.9 Å². The van der Waals surface area contributed by atoms with Crippen LogP contribution in [0, 0.1) is 6.92 Å². The SMILES string of the molecule is Cc1cnc(Cc2ccc(N3CCOCC3)cc2)nc1Sc1ccc(N2C(=O)CN(Cc3ccccc3)CC2=O)cc1. The van der Waals surface area contributed by atoms with E-state index in [1.165, 1.54) is 10.6 Å². The van der Waals surface area contributed by atoms with E-state index in [9.17, 15) is 9.59 Å². The molecule has 0 atom stereocenters. The van der Waals surface area contributed by atoms with E-state index in [2.05, 4.69) is 34.1 Å². The third-order valence-electron chi connectivity index (χ3n) is 7.42. The molecule has 0 radical (unpaired) electrons. The number of aromatic nitrogens is 2. The second-order valence-corrected chi connectivity index (χ2v) is 11.6. The minimum Gasteiger partial charge on any atom is -0.378 e. The molecule has 3 aromatic carbocycles. The highest BCUT2D eigenvalue weighted by atomic mass is 32.2. The number of anilines is 2. The number of ether oxygens (including phenoxy) is 1. The quantitative estimate of drug-likeness (QED) is 0.219. The maximum atomic E-state index is 12.9. The number of amides is 2. The molecule has 2 amide bonds. The van der Waals surface area contributed by atoms with E-state index in [1.54, 1.807) is 11.8 Å². The summed E-state index contributed by atoms with van der Waals surface area (Å²) >= 11 is 1.55. The molecular weight excluding hydrogens is 546 g/mol. The van der Waals surface area contributed by atoms with Crippen LogP contribution in [0.5, 0.6) is 0 Å². The summed E-state index contributed by atoms with van der Waals surface area (Å²) in [5.41, 5.74) is 5.04. The summed E-state index contributed by atoms with van der Waals surface area (Å²) in [6.07, 6.45) is 2.52. The van der Waals surface area contributed by atoms with Gasteiger partial charge in [0, 0.05) is 42.8 Å². The van der Waals surface area contributed by atoms with Gasteiger partial charge in [-0.15, -0.1) is 0 Å². The summed E-state index contributed by atoms with van der Waals surface area (Å²) in [7, 11) is 0. The molecule has 2 aliphatic rings. The van der Waals surface area contributed by atoms with Crippen LogP contribution in [0.1, 0.15) is 22.5 Å². The van der Waals surface area contributed by atoms with E-state index in [0.717, 1.165) is 58.7 Å². The number of nitrogens with zero attached hydrogens (tertiary/aromatic N) is 5. The van der Waals surface area contributed by atoms with Crippen LogP contribution in [0.25, 0.3) is 0 Å². The highest BCUT2D eigenvalue weighted by Gasteiger charge is 2.32. The largest absolute Gasteiger partial charge is 0.378 e. The molecule has 3 heterocycles. The minimum atomic E-state index is -0.211. The molecular formula is C33H33N5O3S. The normalized spacial score (nSPS) is 16.2. The number of hydrogen-bond donors (Lipinski definition) is 0. The molecule has 214 valence electrons. The van der Waals surface area contributed by atoms with Crippen LogP contribution in [0.3, 0.4) is 0 Å². The molecule has 6 rings (SSSR count). The number of carbonyl (C=O) groups excluding carboxylic acids is 2. The summed E-state index contributed by atoms with van der Waals surface area (Å²) in [5.74, 6) is 0.345. The van der Waals surface area contributed by atoms with Gasteiger partial charge in [0.15, 0.2) is 0 Å². The number of carbonyl (C=O) groups is 2. The topological polar surface area (TPSA) is 78.9 Å². The molecule has 2 aliphatic heterocycles. The van der Waals surface area contributed by atoms with Gasteiger partial charge in [-0.05, 0) is 60.0 Å². The maximum absolute atomic E-state index is 12.9. The zero-order valence-electron chi connectivity index (χ0n) is 23.6. The van der Waals surface area contributed by atoms with Crippen molar-refractivity contribution in [3.63, 3.8) is 0 Å². The van der Waals surface area contributed by atoms with E-state index in [1.807, 2.05) is 72.6 Å². The lowest BCUT2D eigenvalue weighted by Crippen LogP contribution is -2.53. The molecule has 0 spiro atoms. The Morgan fingerprint density at radius 1 is 0.810 bits per heavy atom. The first kappa shape index (κ1) is 28.1.